The van der Waals surface area contributed by atoms with E-state index in [9.17, 15) is 4.79 Å². The standard InChI is InChI=1S/C16H15N3O2S/c1-10-5-3-6-12(9-10)14-18-16(21-19-14)11(2)17-15(20)13-7-4-8-22-13/h3-9,11H,1-2H3,(H,17,20)/t11-/m0/s1. The maximum absolute atomic E-state index is 12.0. The van der Waals surface area contributed by atoms with Crippen molar-refractivity contribution >= 4 is 17.2 Å². The highest BCUT2D eigenvalue weighted by Gasteiger charge is 2.18. The van der Waals surface area contributed by atoms with Crippen LogP contribution in [0.2, 0.25) is 0 Å². The number of hydrogen-bond acceptors (Lipinski definition) is 5. The van der Waals surface area contributed by atoms with Crippen LogP contribution in [0.3, 0.4) is 0 Å². The van der Waals surface area contributed by atoms with Crippen LogP contribution in [0.5, 0.6) is 0 Å². The Kier molecular flexibility index (Phi) is 4.02. The fraction of sp³-hybridized carbons (Fsp3) is 0.188. The first kappa shape index (κ1) is 14.5. The highest BCUT2D eigenvalue weighted by molar-refractivity contribution is 7.12. The molecule has 2 aromatic heterocycles. The molecule has 0 radical (unpaired) electrons. The number of carbonyl (C=O) groups is 1. The maximum Gasteiger partial charge on any atom is 0.261 e. The van der Waals surface area contributed by atoms with Crippen molar-refractivity contribution in [2.45, 2.75) is 19.9 Å². The van der Waals surface area contributed by atoms with Crippen molar-refractivity contribution in [3.8, 4) is 11.4 Å². The second kappa shape index (κ2) is 6.11. The van der Waals surface area contributed by atoms with Gasteiger partial charge in [0.05, 0.1) is 4.88 Å². The third-order valence-corrected chi connectivity index (χ3v) is 4.05. The zero-order valence-electron chi connectivity index (χ0n) is 12.2. The molecule has 3 aromatic rings. The highest BCUT2D eigenvalue weighted by atomic mass is 32.1. The van der Waals surface area contributed by atoms with Crippen LogP contribution in [0.4, 0.5) is 0 Å². The van der Waals surface area contributed by atoms with Crippen molar-refractivity contribution in [1.82, 2.24) is 15.5 Å². The molecule has 3 rings (SSSR count). The van der Waals surface area contributed by atoms with E-state index in [0.29, 0.717) is 16.6 Å². The van der Waals surface area contributed by atoms with Gasteiger partial charge in [0.15, 0.2) is 0 Å². The van der Waals surface area contributed by atoms with Crippen LogP contribution in [-0.2, 0) is 0 Å². The van der Waals surface area contributed by atoms with E-state index in [-0.39, 0.29) is 11.9 Å². The van der Waals surface area contributed by atoms with Gasteiger partial charge >= 0.3 is 0 Å². The minimum atomic E-state index is -0.347. The molecule has 5 nitrogen and oxygen atoms in total. The smallest absolute Gasteiger partial charge is 0.261 e. The Morgan fingerprint density at radius 1 is 1.32 bits per heavy atom. The summed E-state index contributed by atoms with van der Waals surface area (Å²) in [7, 11) is 0. The molecular weight excluding hydrogens is 298 g/mol. The number of carbonyl (C=O) groups excluding carboxylic acids is 1. The van der Waals surface area contributed by atoms with E-state index in [1.807, 2.05) is 49.6 Å². The van der Waals surface area contributed by atoms with E-state index >= 15 is 0 Å². The summed E-state index contributed by atoms with van der Waals surface area (Å²) in [5.41, 5.74) is 2.02. The molecule has 2 heterocycles. The van der Waals surface area contributed by atoms with Gasteiger partial charge in [-0.25, -0.2) is 0 Å². The van der Waals surface area contributed by atoms with E-state index in [4.69, 9.17) is 4.52 Å². The Balaban J connectivity index is 1.74. The molecule has 0 saturated heterocycles. The van der Waals surface area contributed by atoms with Crippen LogP contribution in [0.15, 0.2) is 46.3 Å². The molecule has 6 heteroatoms. The van der Waals surface area contributed by atoms with E-state index in [1.54, 1.807) is 6.07 Å². The summed E-state index contributed by atoms with van der Waals surface area (Å²) in [4.78, 5) is 17.0. The lowest BCUT2D eigenvalue weighted by molar-refractivity contribution is 0.0936. The van der Waals surface area contributed by atoms with Crippen LogP contribution >= 0.6 is 11.3 Å². The van der Waals surface area contributed by atoms with Gasteiger partial charge in [-0.15, -0.1) is 11.3 Å². The Hall–Kier alpha value is -2.47. The Morgan fingerprint density at radius 2 is 2.18 bits per heavy atom. The topological polar surface area (TPSA) is 68.0 Å². The number of hydrogen-bond donors (Lipinski definition) is 1. The summed E-state index contributed by atoms with van der Waals surface area (Å²) in [6.45, 7) is 3.83. The molecular formula is C16H15N3O2S. The SMILES string of the molecule is Cc1cccc(-c2noc([C@H](C)NC(=O)c3cccs3)n2)c1. The van der Waals surface area contributed by atoms with Crippen LogP contribution in [-0.4, -0.2) is 16.0 Å². The molecule has 1 atom stereocenters. The molecule has 112 valence electrons. The fourth-order valence-corrected chi connectivity index (χ4v) is 2.68. The molecule has 0 unspecified atom stereocenters. The molecule has 0 saturated carbocycles. The minimum absolute atomic E-state index is 0.141. The fourth-order valence-electron chi connectivity index (χ4n) is 2.05. The number of aromatic nitrogens is 2. The lowest BCUT2D eigenvalue weighted by Crippen LogP contribution is -2.26. The highest BCUT2D eigenvalue weighted by Crippen LogP contribution is 2.20. The summed E-state index contributed by atoms with van der Waals surface area (Å²) in [6, 6.07) is 11.1. The lowest BCUT2D eigenvalue weighted by atomic mass is 10.1. The van der Waals surface area contributed by atoms with Crippen LogP contribution < -0.4 is 5.32 Å². The van der Waals surface area contributed by atoms with E-state index < -0.39 is 0 Å². The van der Waals surface area contributed by atoms with Gasteiger partial charge in [-0.2, -0.15) is 4.98 Å². The van der Waals surface area contributed by atoms with Gasteiger partial charge in [0.25, 0.3) is 5.91 Å². The number of rotatable bonds is 4. The number of thiophene rings is 1. The Bertz CT molecular complexity index is 780. The van der Waals surface area contributed by atoms with Crippen molar-refractivity contribution in [1.29, 1.82) is 0 Å². The third kappa shape index (κ3) is 3.07. The molecule has 0 aliphatic rings. The maximum atomic E-state index is 12.0. The first-order valence-corrected chi connectivity index (χ1v) is 7.76. The van der Waals surface area contributed by atoms with Crippen LogP contribution in [0.25, 0.3) is 11.4 Å². The zero-order chi connectivity index (χ0) is 15.5. The average molecular weight is 313 g/mol. The van der Waals surface area contributed by atoms with Gasteiger partial charge in [-0.05, 0) is 31.4 Å². The summed E-state index contributed by atoms with van der Waals surface area (Å²) in [6.07, 6.45) is 0. The Labute approximate surface area is 132 Å². The van der Waals surface area contributed by atoms with Crippen molar-refractivity contribution < 1.29 is 9.32 Å². The van der Waals surface area contributed by atoms with Crippen molar-refractivity contribution in [3.63, 3.8) is 0 Å². The normalized spacial score (nSPS) is 12.1. The first-order valence-electron chi connectivity index (χ1n) is 6.88. The molecule has 1 N–H and O–H groups in total. The third-order valence-electron chi connectivity index (χ3n) is 3.18. The molecule has 0 aliphatic carbocycles. The molecule has 1 amide bonds. The van der Waals surface area contributed by atoms with E-state index in [2.05, 4.69) is 15.5 Å². The molecule has 0 spiro atoms. The van der Waals surface area contributed by atoms with Gasteiger partial charge < -0.3 is 9.84 Å². The second-order valence-corrected chi connectivity index (χ2v) is 5.95. The van der Waals surface area contributed by atoms with Crippen LogP contribution in [0.1, 0.15) is 34.1 Å². The number of nitrogens with zero attached hydrogens (tertiary/aromatic N) is 2. The van der Waals surface area contributed by atoms with E-state index in [0.717, 1.165) is 11.1 Å². The predicted molar refractivity (Wildman–Crippen MR) is 84.7 cm³/mol. The predicted octanol–water partition coefficient (Wildman–Crippen LogP) is 3.60. The number of aryl methyl sites for hydroxylation is 1. The summed E-state index contributed by atoms with van der Waals surface area (Å²) >= 11 is 1.39. The number of amides is 1. The quantitative estimate of drug-likeness (QED) is 0.799. The number of nitrogens with one attached hydrogen (secondary N) is 1. The molecule has 1 aromatic carbocycles. The first-order chi connectivity index (χ1) is 10.6. The number of benzene rings is 1. The molecule has 22 heavy (non-hydrogen) atoms. The second-order valence-electron chi connectivity index (χ2n) is 5.00. The largest absolute Gasteiger partial charge is 0.340 e. The van der Waals surface area contributed by atoms with Crippen molar-refractivity contribution in [2.24, 2.45) is 0 Å². The van der Waals surface area contributed by atoms with Crippen molar-refractivity contribution in [3.05, 3.63) is 58.1 Å². The molecule has 0 fully saturated rings. The summed E-state index contributed by atoms with van der Waals surface area (Å²) in [5.74, 6) is 0.773. The lowest BCUT2D eigenvalue weighted by Gasteiger charge is -2.07. The monoisotopic (exact) mass is 313 g/mol. The van der Waals surface area contributed by atoms with Crippen LogP contribution in [0, 0.1) is 6.92 Å². The van der Waals surface area contributed by atoms with Gasteiger partial charge in [0.2, 0.25) is 11.7 Å². The minimum Gasteiger partial charge on any atom is -0.340 e. The van der Waals surface area contributed by atoms with Gasteiger partial charge in [0.1, 0.15) is 6.04 Å². The zero-order valence-corrected chi connectivity index (χ0v) is 13.1. The van der Waals surface area contributed by atoms with Gasteiger partial charge in [-0.3, -0.25) is 4.79 Å². The van der Waals surface area contributed by atoms with Gasteiger partial charge in [-0.1, -0.05) is 35.0 Å². The van der Waals surface area contributed by atoms with Crippen molar-refractivity contribution in [2.75, 3.05) is 0 Å². The summed E-state index contributed by atoms with van der Waals surface area (Å²) < 4.78 is 5.27. The Morgan fingerprint density at radius 3 is 2.91 bits per heavy atom. The molecule has 0 bridgehead atoms. The van der Waals surface area contributed by atoms with E-state index in [1.165, 1.54) is 11.3 Å². The average Bonchev–Trinajstić information content (AvgIpc) is 3.19. The van der Waals surface area contributed by atoms with Gasteiger partial charge in [0, 0.05) is 5.56 Å². The molecule has 0 aliphatic heterocycles. The summed E-state index contributed by atoms with van der Waals surface area (Å²) in [5, 5.41) is 8.70.